The zero-order chi connectivity index (χ0) is 30.0. The van der Waals surface area contributed by atoms with Gasteiger partial charge in [-0.05, 0) is 38.1 Å². The number of nitrogens with zero attached hydrogens (tertiary/aromatic N) is 1. The third-order valence-corrected chi connectivity index (χ3v) is 9.09. The van der Waals surface area contributed by atoms with Gasteiger partial charge in [0.2, 0.25) is 11.7 Å². The maximum absolute atomic E-state index is 13.9. The summed E-state index contributed by atoms with van der Waals surface area (Å²) in [6.45, 7) is 3.52. The number of hydrogen-bond donors (Lipinski definition) is 7. The molecular weight excluding hydrogens is 670 g/mol. The Morgan fingerprint density at radius 1 is 1.20 bits per heavy atom. The van der Waals surface area contributed by atoms with Gasteiger partial charge in [0.25, 0.3) is 5.91 Å². The minimum atomic E-state index is -2.99. The number of ketones is 2. The second kappa shape index (κ2) is 11.5. The number of aliphatic hydroxyl groups excluding tert-OH is 3. The summed E-state index contributed by atoms with van der Waals surface area (Å²) in [7, 11) is 2.94. The fourth-order valence-corrected chi connectivity index (χ4v) is 6.89. The highest BCUT2D eigenvalue weighted by atomic mass is 79.9. The minimum Gasteiger partial charge on any atom is -0.510 e. The van der Waals surface area contributed by atoms with Gasteiger partial charge in [0.05, 0.1) is 34.1 Å². The molecule has 3 aliphatic rings. The molecule has 7 atom stereocenters. The van der Waals surface area contributed by atoms with Crippen LogP contribution in [0, 0.1) is 11.8 Å². The van der Waals surface area contributed by atoms with Crippen molar-refractivity contribution in [2.45, 2.75) is 55.2 Å². The van der Waals surface area contributed by atoms with Gasteiger partial charge in [-0.2, -0.15) is 0 Å². The lowest BCUT2D eigenvalue weighted by Gasteiger charge is -2.53. The summed E-state index contributed by atoms with van der Waals surface area (Å²) in [4.78, 5) is 52.8. The third kappa shape index (κ3) is 4.69. The van der Waals surface area contributed by atoms with E-state index in [2.05, 4.69) is 21.2 Å². The number of amides is 2. The number of anilines is 1. The first-order valence-electron chi connectivity index (χ1n) is 12.8. The van der Waals surface area contributed by atoms with E-state index < -0.39 is 92.1 Å². The number of benzene rings is 1. The molecule has 14 heteroatoms. The Morgan fingerprint density at radius 3 is 2.34 bits per heavy atom. The number of carbonyl (C=O) groups excluding carboxylic acids is 4. The monoisotopic (exact) mass is 701 g/mol. The van der Waals surface area contributed by atoms with Gasteiger partial charge in [-0.1, -0.05) is 42.3 Å². The minimum absolute atomic E-state index is 0. The number of aliphatic hydroxyl groups is 4. The largest absolute Gasteiger partial charge is 0.510 e. The number of hydrogen-bond acceptors (Lipinski definition) is 10. The Hall–Kier alpha value is -2.78. The Bertz CT molecular complexity index is 1390. The van der Waals surface area contributed by atoms with Crippen molar-refractivity contribution in [1.82, 2.24) is 4.90 Å². The molecule has 41 heavy (non-hydrogen) atoms. The van der Waals surface area contributed by atoms with Gasteiger partial charge < -0.3 is 36.6 Å². The van der Waals surface area contributed by atoms with Crippen LogP contribution in [0.2, 0.25) is 0 Å². The number of phenolic OH excluding ortho intramolecular Hbond substituents is 1. The van der Waals surface area contributed by atoms with Crippen molar-refractivity contribution < 1.29 is 44.7 Å². The molecular formula is C27H33Br2N3O9. The molecule has 12 nitrogen and oxygen atoms in total. The van der Waals surface area contributed by atoms with E-state index >= 15 is 0 Å². The van der Waals surface area contributed by atoms with Crippen molar-refractivity contribution in [2.75, 3.05) is 19.4 Å². The van der Waals surface area contributed by atoms with E-state index in [9.17, 15) is 44.7 Å². The third-order valence-electron chi connectivity index (χ3n) is 8.22. The number of nitrogens with two attached hydrogens (primary N) is 1. The van der Waals surface area contributed by atoms with Crippen LogP contribution in [0.1, 0.15) is 48.5 Å². The standard InChI is InChI=1S/C27H32BrN3O9.BrH/c1-5-6-11(28)26(39)30-12-8-7-10-9(2)13-15(20(33)14(10)19(12)32)23(36)27(40)17(21(13)34)18(31(3)4)22(35)16(24(27)37)25(29)38;/h7-9,11,13,17-18,21,32,34-36,40H,5-6H2,1-4H3,(H2,29,38)(H,30,39);1H/t9?,11?,13?,17?,18-,21?,27?;/m0./s1. The molecule has 0 aromatic heterocycles. The molecule has 4 rings (SSSR count). The molecule has 0 radical (unpaired) electrons. The van der Waals surface area contributed by atoms with Gasteiger partial charge in [0, 0.05) is 11.5 Å². The van der Waals surface area contributed by atoms with Crippen LogP contribution >= 0.6 is 32.9 Å². The molecule has 2 amide bonds. The second-order valence-electron chi connectivity index (χ2n) is 10.7. The van der Waals surface area contributed by atoms with Gasteiger partial charge in [0.15, 0.2) is 17.1 Å². The maximum atomic E-state index is 13.9. The molecule has 6 unspecified atom stereocenters. The van der Waals surface area contributed by atoms with Crippen molar-refractivity contribution in [3.63, 3.8) is 0 Å². The van der Waals surface area contributed by atoms with Crippen molar-refractivity contribution in [3.05, 3.63) is 45.9 Å². The number of rotatable bonds is 6. The first-order chi connectivity index (χ1) is 18.6. The number of likely N-dealkylation sites (N-methyl/N-ethyl adjacent to an activating group) is 1. The number of phenols is 1. The van der Waals surface area contributed by atoms with Crippen molar-refractivity contribution >= 4 is 62.0 Å². The molecule has 0 heterocycles. The molecule has 3 aliphatic carbocycles. The zero-order valence-electron chi connectivity index (χ0n) is 22.7. The Balaban J connectivity index is 0.00000462. The van der Waals surface area contributed by atoms with Crippen LogP contribution in [-0.4, -0.2) is 90.5 Å². The SMILES string of the molecule is Br.CCCC(Br)C(=O)Nc1ccc2c(c1O)C(=O)C1=C(O)C3(O)C(=O)C(C(N)=O)=C(O)[C@@H](N(C)C)C3C(O)C1C2C. The maximum Gasteiger partial charge on any atom is 0.255 e. The predicted octanol–water partition coefficient (Wildman–Crippen LogP) is 1.73. The van der Waals surface area contributed by atoms with Crippen LogP contribution in [0.25, 0.3) is 0 Å². The van der Waals surface area contributed by atoms with Crippen LogP contribution in [0.4, 0.5) is 5.69 Å². The smallest absolute Gasteiger partial charge is 0.255 e. The molecule has 0 spiro atoms. The first-order valence-corrected chi connectivity index (χ1v) is 13.7. The fourth-order valence-electron chi connectivity index (χ4n) is 6.32. The van der Waals surface area contributed by atoms with E-state index in [0.717, 1.165) is 0 Å². The molecule has 0 fully saturated rings. The highest BCUT2D eigenvalue weighted by molar-refractivity contribution is 9.10. The lowest BCUT2D eigenvalue weighted by Crippen LogP contribution is -2.68. The van der Waals surface area contributed by atoms with Crippen LogP contribution in [-0.2, 0) is 14.4 Å². The van der Waals surface area contributed by atoms with Crippen molar-refractivity contribution in [2.24, 2.45) is 17.6 Å². The number of aromatic hydroxyl groups is 1. The highest BCUT2D eigenvalue weighted by Gasteiger charge is 2.67. The first kappa shape index (κ1) is 32.7. The number of carbonyl (C=O) groups is 4. The summed E-state index contributed by atoms with van der Waals surface area (Å²) >= 11 is 3.27. The van der Waals surface area contributed by atoms with Gasteiger partial charge >= 0.3 is 0 Å². The van der Waals surface area contributed by atoms with Gasteiger partial charge in [-0.3, -0.25) is 24.1 Å². The van der Waals surface area contributed by atoms with E-state index in [1.54, 1.807) is 6.92 Å². The highest BCUT2D eigenvalue weighted by Crippen LogP contribution is 2.56. The van der Waals surface area contributed by atoms with E-state index in [1.807, 2.05) is 6.92 Å². The summed E-state index contributed by atoms with van der Waals surface area (Å²) in [6.07, 6.45) is -0.443. The number of halogens is 2. The predicted molar refractivity (Wildman–Crippen MR) is 156 cm³/mol. The lowest BCUT2D eigenvalue weighted by atomic mass is 9.55. The van der Waals surface area contributed by atoms with E-state index in [1.165, 1.54) is 31.1 Å². The lowest BCUT2D eigenvalue weighted by molar-refractivity contribution is -0.162. The molecule has 0 saturated heterocycles. The molecule has 0 aliphatic heterocycles. The second-order valence-corrected chi connectivity index (χ2v) is 11.8. The Kier molecular flexibility index (Phi) is 9.16. The number of nitrogens with one attached hydrogen (secondary N) is 1. The van der Waals surface area contributed by atoms with Crippen LogP contribution in [0.3, 0.4) is 0 Å². The van der Waals surface area contributed by atoms with Gasteiger partial charge in [-0.25, -0.2) is 0 Å². The van der Waals surface area contributed by atoms with Crippen LogP contribution in [0.15, 0.2) is 34.8 Å². The molecule has 0 saturated carbocycles. The normalized spacial score (nSPS) is 29.8. The van der Waals surface area contributed by atoms with E-state index in [0.29, 0.717) is 18.4 Å². The van der Waals surface area contributed by atoms with Crippen molar-refractivity contribution in [1.29, 1.82) is 0 Å². The molecule has 1 aromatic rings. The molecule has 0 bridgehead atoms. The fraction of sp³-hybridized carbons (Fsp3) is 0.481. The van der Waals surface area contributed by atoms with Gasteiger partial charge in [0.1, 0.15) is 17.1 Å². The number of primary amides is 1. The number of Topliss-reactive ketones (excluding diaryl/α,β-unsaturated/α-hetero) is 2. The summed E-state index contributed by atoms with van der Waals surface area (Å²) in [5, 5.41) is 59.3. The van der Waals surface area contributed by atoms with E-state index in [4.69, 9.17) is 5.73 Å². The zero-order valence-corrected chi connectivity index (χ0v) is 26.0. The topological polar surface area (TPSA) is 211 Å². The molecule has 8 N–H and O–H groups in total. The van der Waals surface area contributed by atoms with Crippen molar-refractivity contribution in [3.8, 4) is 5.75 Å². The Morgan fingerprint density at radius 2 is 1.80 bits per heavy atom. The van der Waals surface area contributed by atoms with Gasteiger partial charge in [-0.15, -0.1) is 17.0 Å². The summed E-state index contributed by atoms with van der Waals surface area (Å²) < 4.78 is 0. The molecule has 224 valence electrons. The van der Waals surface area contributed by atoms with Crippen LogP contribution in [0.5, 0.6) is 5.75 Å². The summed E-state index contributed by atoms with van der Waals surface area (Å²) in [6, 6.07) is 1.59. The van der Waals surface area contributed by atoms with E-state index in [-0.39, 0.29) is 28.2 Å². The number of alkyl halides is 1. The van der Waals surface area contributed by atoms with Crippen LogP contribution < -0.4 is 11.1 Å². The average molecular weight is 703 g/mol. The number of fused-ring (bicyclic) bond motifs is 3. The quantitative estimate of drug-likeness (QED) is 0.130. The Labute approximate surface area is 254 Å². The summed E-state index contributed by atoms with van der Waals surface area (Å²) in [5.41, 5.74) is 0.807. The average Bonchev–Trinajstić information content (AvgIpc) is 2.87. The summed E-state index contributed by atoms with van der Waals surface area (Å²) in [5.74, 6) is -10.2. The molecule has 1 aromatic carbocycles.